The smallest absolute Gasteiger partial charge is 0.0110 e. The molecule has 0 spiro atoms. The molecule has 0 aromatic rings. The summed E-state index contributed by atoms with van der Waals surface area (Å²) in [7, 11) is 2.23. The van der Waals surface area contributed by atoms with Crippen molar-refractivity contribution >= 4 is 0 Å². The summed E-state index contributed by atoms with van der Waals surface area (Å²) in [6, 6.07) is 0. The van der Waals surface area contributed by atoms with Crippen LogP contribution in [0, 0.1) is 11.8 Å². The third-order valence-electron chi connectivity index (χ3n) is 4.49. The maximum Gasteiger partial charge on any atom is 0.0110 e. The maximum atomic E-state index is 2.65. The second kappa shape index (κ2) is 6.02. The number of piperazine rings is 1. The molecule has 2 fully saturated rings. The van der Waals surface area contributed by atoms with Gasteiger partial charge in [0.15, 0.2) is 0 Å². The van der Waals surface area contributed by atoms with Crippen LogP contribution in [0.2, 0.25) is 0 Å². The van der Waals surface area contributed by atoms with Crippen LogP contribution in [0.25, 0.3) is 0 Å². The Kier molecular flexibility index (Phi) is 4.66. The zero-order valence-electron chi connectivity index (χ0n) is 11.1. The molecule has 1 aliphatic carbocycles. The van der Waals surface area contributed by atoms with Crippen molar-refractivity contribution in [3.8, 4) is 0 Å². The van der Waals surface area contributed by atoms with Crippen molar-refractivity contribution in [2.45, 2.75) is 39.0 Å². The monoisotopic (exact) mass is 224 g/mol. The van der Waals surface area contributed by atoms with Gasteiger partial charge in [0.2, 0.25) is 0 Å². The predicted octanol–water partition coefficient (Wildman–Crippen LogP) is 2.45. The van der Waals surface area contributed by atoms with Crippen molar-refractivity contribution in [3.05, 3.63) is 0 Å². The molecule has 0 amide bonds. The van der Waals surface area contributed by atoms with Gasteiger partial charge in [-0.2, -0.15) is 0 Å². The van der Waals surface area contributed by atoms with Crippen LogP contribution in [-0.4, -0.2) is 49.6 Å². The number of nitrogens with zero attached hydrogens (tertiary/aromatic N) is 2. The molecule has 2 aliphatic rings. The molecule has 1 saturated carbocycles. The Morgan fingerprint density at radius 2 is 1.81 bits per heavy atom. The fourth-order valence-corrected chi connectivity index (χ4v) is 3.26. The average Bonchev–Trinajstić information content (AvgIpc) is 2.67. The molecule has 0 bridgehead atoms. The number of hydrogen-bond acceptors (Lipinski definition) is 2. The topological polar surface area (TPSA) is 6.48 Å². The average molecular weight is 224 g/mol. The van der Waals surface area contributed by atoms with Gasteiger partial charge in [0.25, 0.3) is 0 Å². The van der Waals surface area contributed by atoms with Crippen LogP contribution in [-0.2, 0) is 0 Å². The zero-order valence-corrected chi connectivity index (χ0v) is 11.1. The Morgan fingerprint density at radius 1 is 1.06 bits per heavy atom. The molecule has 2 unspecified atom stereocenters. The molecule has 16 heavy (non-hydrogen) atoms. The lowest BCUT2D eigenvalue weighted by Gasteiger charge is -2.32. The van der Waals surface area contributed by atoms with Crippen LogP contribution in [0.1, 0.15) is 39.0 Å². The number of rotatable bonds is 4. The maximum absolute atomic E-state index is 2.65. The highest BCUT2D eigenvalue weighted by molar-refractivity contribution is 4.74. The molecule has 2 atom stereocenters. The van der Waals surface area contributed by atoms with Gasteiger partial charge in [-0.15, -0.1) is 0 Å². The molecule has 2 heteroatoms. The first-order chi connectivity index (χ1) is 7.74. The van der Waals surface area contributed by atoms with Gasteiger partial charge in [-0.1, -0.05) is 19.8 Å². The van der Waals surface area contributed by atoms with Crippen LogP contribution in [0.3, 0.4) is 0 Å². The van der Waals surface area contributed by atoms with Crippen molar-refractivity contribution in [3.63, 3.8) is 0 Å². The lowest BCUT2D eigenvalue weighted by atomic mass is 10.0. The second-order valence-corrected chi connectivity index (χ2v) is 6.07. The highest BCUT2D eigenvalue weighted by atomic mass is 15.2. The van der Waals surface area contributed by atoms with Gasteiger partial charge in [0, 0.05) is 26.2 Å². The summed E-state index contributed by atoms with van der Waals surface area (Å²) in [5.74, 6) is 2.07. The van der Waals surface area contributed by atoms with Crippen LogP contribution in [0.15, 0.2) is 0 Å². The fourth-order valence-electron chi connectivity index (χ4n) is 3.26. The third kappa shape index (κ3) is 3.74. The molecule has 0 N–H and O–H groups in total. The molecular formula is C14H28N2. The van der Waals surface area contributed by atoms with E-state index < -0.39 is 0 Å². The summed E-state index contributed by atoms with van der Waals surface area (Å²) < 4.78 is 0. The summed E-state index contributed by atoms with van der Waals surface area (Å²) >= 11 is 0. The van der Waals surface area contributed by atoms with E-state index in [1.54, 1.807) is 0 Å². The summed E-state index contributed by atoms with van der Waals surface area (Å²) in [4.78, 5) is 5.09. The van der Waals surface area contributed by atoms with Gasteiger partial charge in [0.1, 0.15) is 0 Å². The molecule has 1 saturated heterocycles. The minimum atomic E-state index is 1.01. The van der Waals surface area contributed by atoms with E-state index >= 15 is 0 Å². The molecule has 0 aromatic carbocycles. The second-order valence-electron chi connectivity index (χ2n) is 6.07. The first-order valence-corrected chi connectivity index (χ1v) is 7.15. The summed E-state index contributed by atoms with van der Waals surface area (Å²) in [6.07, 6.45) is 7.41. The van der Waals surface area contributed by atoms with Crippen molar-refractivity contribution in [1.82, 2.24) is 9.80 Å². The van der Waals surface area contributed by atoms with Crippen molar-refractivity contribution < 1.29 is 0 Å². The predicted molar refractivity (Wildman–Crippen MR) is 69.7 cm³/mol. The van der Waals surface area contributed by atoms with Crippen LogP contribution in [0.4, 0.5) is 0 Å². The SMILES string of the molecule is CC1CCC(CCCN2CCN(C)CC2)C1. The Bertz CT molecular complexity index is 197. The Hall–Kier alpha value is -0.0800. The van der Waals surface area contributed by atoms with E-state index in [2.05, 4.69) is 23.8 Å². The summed E-state index contributed by atoms with van der Waals surface area (Å²) in [6.45, 7) is 8.87. The minimum Gasteiger partial charge on any atom is -0.304 e. The van der Waals surface area contributed by atoms with Gasteiger partial charge < -0.3 is 9.80 Å². The van der Waals surface area contributed by atoms with Gasteiger partial charge in [-0.3, -0.25) is 0 Å². The standard InChI is InChI=1S/C14H28N2/c1-13-5-6-14(12-13)4-3-7-16-10-8-15(2)9-11-16/h13-14H,3-12H2,1-2H3. The number of likely N-dealkylation sites (N-methyl/N-ethyl adjacent to an activating group) is 1. The number of hydrogen-bond donors (Lipinski definition) is 0. The van der Waals surface area contributed by atoms with Crippen molar-refractivity contribution in [2.24, 2.45) is 11.8 Å². The lowest BCUT2D eigenvalue weighted by Crippen LogP contribution is -2.44. The summed E-state index contributed by atoms with van der Waals surface area (Å²) in [5, 5.41) is 0. The third-order valence-corrected chi connectivity index (χ3v) is 4.49. The van der Waals surface area contributed by atoms with E-state index in [4.69, 9.17) is 0 Å². The molecular weight excluding hydrogens is 196 g/mol. The fraction of sp³-hybridized carbons (Fsp3) is 1.00. The van der Waals surface area contributed by atoms with E-state index in [1.807, 2.05) is 0 Å². The molecule has 2 nitrogen and oxygen atoms in total. The van der Waals surface area contributed by atoms with E-state index in [9.17, 15) is 0 Å². The van der Waals surface area contributed by atoms with Gasteiger partial charge in [-0.05, 0) is 44.7 Å². The quantitative estimate of drug-likeness (QED) is 0.724. The molecule has 94 valence electrons. The van der Waals surface area contributed by atoms with E-state index in [0.29, 0.717) is 0 Å². The highest BCUT2D eigenvalue weighted by Gasteiger charge is 2.21. The Labute approximate surface area is 101 Å². The molecule has 0 aromatic heterocycles. The van der Waals surface area contributed by atoms with Gasteiger partial charge in [-0.25, -0.2) is 0 Å². The van der Waals surface area contributed by atoms with Gasteiger partial charge in [0.05, 0.1) is 0 Å². The van der Waals surface area contributed by atoms with Crippen molar-refractivity contribution in [2.75, 3.05) is 39.8 Å². The van der Waals surface area contributed by atoms with E-state index in [0.717, 1.165) is 11.8 Å². The van der Waals surface area contributed by atoms with Gasteiger partial charge >= 0.3 is 0 Å². The molecule has 1 aliphatic heterocycles. The Morgan fingerprint density at radius 3 is 2.44 bits per heavy atom. The first-order valence-electron chi connectivity index (χ1n) is 7.15. The van der Waals surface area contributed by atoms with E-state index in [1.165, 1.54) is 64.8 Å². The van der Waals surface area contributed by atoms with Crippen LogP contribution < -0.4 is 0 Å². The molecule has 1 heterocycles. The largest absolute Gasteiger partial charge is 0.304 e. The molecule has 2 rings (SSSR count). The highest BCUT2D eigenvalue weighted by Crippen LogP contribution is 2.33. The normalized spacial score (nSPS) is 33.4. The lowest BCUT2D eigenvalue weighted by molar-refractivity contribution is 0.150. The molecule has 0 radical (unpaired) electrons. The van der Waals surface area contributed by atoms with E-state index in [-0.39, 0.29) is 0 Å². The van der Waals surface area contributed by atoms with Crippen LogP contribution in [0.5, 0.6) is 0 Å². The van der Waals surface area contributed by atoms with Crippen molar-refractivity contribution in [1.29, 1.82) is 0 Å². The Balaban J connectivity index is 1.54. The zero-order chi connectivity index (χ0) is 11.4. The minimum absolute atomic E-state index is 1.01. The first kappa shape index (κ1) is 12.4. The van der Waals surface area contributed by atoms with Crippen LogP contribution >= 0.6 is 0 Å². The summed E-state index contributed by atoms with van der Waals surface area (Å²) in [5.41, 5.74) is 0.